The summed E-state index contributed by atoms with van der Waals surface area (Å²) in [4.78, 5) is 33.2. The highest BCUT2D eigenvalue weighted by atomic mass is 19.4. The van der Waals surface area contributed by atoms with Crippen LogP contribution in [-0.2, 0) is 13.2 Å². The number of hydrogen-bond donors (Lipinski definition) is 3. The zero-order valence-corrected chi connectivity index (χ0v) is 46.2. The summed E-state index contributed by atoms with van der Waals surface area (Å²) < 4.78 is 105. The molecule has 436 valence electrons. The number of benzene rings is 8. The van der Waals surface area contributed by atoms with Gasteiger partial charge in [0.15, 0.2) is 5.78 Å². The smallest absolute Gasteiger partial charge is 0.390 e. The Morgan fingerprint density at radius 3 is 1.33 bits per heavy atom. The molecule has 1 fully saturated rings. The normalized spacial score (nSPS) is 12.3. The maximum absolute atomic E-state index is 12.9. The molecule has 10 aromatic rings. The SMILES string of the molecule is Cc1cc(-n2cnc3c(NCCC(F)(F)F)cc(Oc4ccc(OCc5ccccc5)cc4)cc32)ccc1C(=O)CC1CC1.Cc1cc(-n2cnc3c(NCCC(F)(F)F)cc(Oc4ccc(OCc5ccccc5)cc4)cc32)ccc1C(=O)O. The number of carboxylic acids is 1. The number of carbonyl (C=O) groups is 2. The van der Waals surface area contributed by atoms with Crippen molar-refractivity contribution < 1.29 is 60.0 Å². The lowest BCUT2D eigenvalue weighted by Crippen LogP contribution is -2.14. The van der Waals surface area contributed by atoms with Gasteiger partial charge < -0.3 is 34.7 Å². The van der Waals surface area contributed by atoms with E-state index in [2.05, 4.69) is 20.6 Å². The number of ether oxygens (including phenoxy) is 4. The Hall–Kier alpha value is -9.78. The molecule has 2 heterocycles. The van der Waals surface area contributed by atoms with Crippen molar-refractivity contribution in [2.75, 3.05) is 23.7 Å². The molecule has 1 saturated carbocycles. The lowest BCUT2D eigenvalue weighted by molar-refractivity contribution is -0.132. The molecule has 1 aliphatic rings. The maximum Gasteiger partial charge on any atom is 0.390 e. The molecule has 0 atom stereocenters. The average molecular weight is 1160 g/mol. The number of rotatable bonds is 22. The highest BCUT2D eigenvalue weighted by Crippen LogP contribution is 2.38. The Morgan fingerprint density at radius 1 is 0.529 bits per heavy atom. The zero-order chi connectivity index (χ0) is 59.7. The number of fused-ring (bicyclic) bond motifs is 2. The summed E-state index contributed by atoms with van der Waals surface area (Å²) in [6.45, 7) is 3.81. The van der Waals surface area contributed by atoms with Gasteiger partial charge >= 0.3 is 18.3 Å². The van der Waals surface area contributed by atoms with Gasteiger partial charge in [-0.05, 0) is 140 Å². The summed E-state index contributed by atoms with van der Waals surface area (Å²) in [5.41, 5.74) is 8.81. The van der Waals surface area contributed by atoms with Gasteiger partial charge in [0.25, 0.3) is 0 Å². The van der Waals surface area contributed by atoms with Gasteiger partial charge in [0.05, 0.1) is 40.8 Å². The van der Waals surface area contributed by atoms with Gasteiger partial charge in [-0.25, -0.2) is 14.8 Å². The van der Waals surface area contributed by atoms with E-state index in [9.17, 15) is 41.0 Å². The number of aromatic nitrogens is 4. The van der Waals surface area contributed by atoms with Crippen LogP contribution in [-0.4, -0.2) is 61.4 Å². The first kappa shape index (κ1) is 58.4. The Bertz CT molecular complexity index is 3940. The molecule has 0 radical (unpaired) electrons. The number of carbonyl (C=O) groups excluding carboxylic acids is 1. The first-order chi connectivity index (χ1) is 40.9. The van der Waals surface area contributed by atoms with E-state index < -0.39 is 31.2 Å². The molecular formula is C66H58F6N6O7. The first-order valence-electron chi connectivity index (χ1n) is 27.4. The van der Waals surface area contributed by atoms with Crippen LogP contribution < -0.4 is 29.6 Å². The van der Waals surface area contributed by atoms with Gasteiger partial charge in [0, 0.05) is 60.7 Å². The summed E-state index contributed by atoms with van der Waals surface area (Å²) in [6.07, 6.45) is -4.64. The highest BCUT2D eigenvalue weighted by molar-refractivity contribution is 5.98. The molecule has 0 aliphatic heterocycles. The number of carboxylic acid groups (broad SMARTS) is 1. The van der Waals surface area contributed by atoms with Crippen LogP contribution in [0.3, 0.4) is 0 Å². The summed E-state index contributed by atoms with van der Waals surface area (Å²) >= 11 is 0. The van der Waals surface area contributed by atoms with Crippen LogP contribution in [0.4, 0.5) is 37.7 Å². The number of halogens is 6. The minimum absolute atomic E-state index is 0.148. The van der Waals surface area contributed by atoms with Crippen molar-refractivity contribution in [3.05, 3.63) is 216 Å². The third-order valence-electron chi connectivity index (χ3n) is 14.0. The van der Waals surface area contributed by atoms with E-state index in [0.29, 0.717) is 110 Å². The minimum atomic E-state index is -4.31. The van der Waals surface area contributed by atoms with Gasteiger partial charge in [0.1, 0.15) is 71.4 Å². The summed E-state index contributed by atoms with van der Waals surface area (Å²) in [5.74, 6) is 2.80. The van der Waals surface area contributed by atoms with Gasteiger partial charge in [-0.3, -0.25) is 13.9 Å². The second-order valence-corrected chi connectivity index (χ2v) is 20.6. The van der Waals surface area contributed by atoms with E-state index >= 15 is 0 Å². The van der Waals surface area contributed by atoms with Gasteiger partial charge in [-0.15, -0.1) is 0 Å². The molecule has 0 spiro atoms. The van der Waals surface area contributed by atoms with Crippen LogP contribution in [0.15, 0.2) is 183 Å². The largest absolute Gasteiger partial charge is 0.489 e. The zero-order valence-electron chi connectivity index (χ0n) is 46.2. The number of nitrogens with zero attached hydrogens (tertiary/aromatic N) is 4. The number of Topliss-reactive ketones (excluding diaryl/α,β-unsaturated/α-hetero) is 1. The predicted octanol–water partition coefficient (Wildman–Crippen LogP) is 16.8. The molecule has 0 saturated heterocycles. The Morgan fingerprint density at radius 2 is 0.941 bits per heavy atom. The number of aromatic carboxylic acids is 1. The predicted molar refractivity (Wildman–Crippen MR) is 313 cm³/mol. The van der Waals surface area contributed by atoms with E-state index in [1.807, 2.05) is 90.4 Å². The molecule has 85 heavy (non-hydrogen) atoms. The van der Waals surface area contributed by atoms with Crippen molar-refractivity contribution in [3.8, 4) is 45.9 Å². The molecule has 1 aliphatic carbocycles. The molecule has 13 nitrogen and oxygen atoms in total. The molecule has 0 unspecified atom stereocenters. The number of anilines is 2. The number of imidazole rings is 2. The number of ketones is 1. The van der Waals surface area contributed by atoms with Crippen LogP contribution in [0.5, 0.6) is 34.5 Å². The van der Waals surface area contributed by atoms with Crippen LogP contribution >= 0.6 is 0 Å². The summed E-state index contributed by atoms with van der Waals surface area (Å²) in [7, 11) is 0. The number of alkyl halides is 6. The molecule has 2 aromatic heterocycles. The molecule has 0 amide bonds. The van der Waals surface area contributed by atoms with Gasteiger partial charge in [0.2, 0.25) is 0 Å². The molecular weight excluding hydrogens is 1100 g/mol. The lowest BCUT2D eigenvalue weighted by atomic mass is 10.0. The van der Waals surface area contributed by atoms with E-state index in [1.54, 1.807) is 103 Å². The van der Waals surface area contributed by atoms with Crippen molar-refractivity contribution in [2.24, 2.45) is 5.92 Å². The summed E-state index contributed by atoms with van der Waals surface area (Å²) in [5, 5.41) is 15.1. The molecule has 11 rings (SSSR count). The second-order valence-electron chi connectivity index (χ2n) is 20.6. The fourth-order valence-electron chi connectivity index (χ4n) is 9.46. The Labute approximate surface area is 485 Å². The second kappa shape index (κ2) is 25.8. The van der Waals surface area contributed by atoms with Crippen molar-refractivity contribution in [1.82, 2.24) is 19.1 Å². The molecule has 8 aromatic carbocycles. The van der Waals surface area contributed by atoms with Crippen molar-refractivity contribution in [2.45, 2.75) is 71.5 Å². The van der Waals surface area contributed by atoms with Crippen LogP contribution in [0.2, 0.25) is 0 Å². The monoisotopic (exact) mass is 1160 g/mol. The number of aryl methyl sites for hydroxylation is 2. The topological polar surface area (TPSA) is 151 Å². The maximum atomic E-state index is 12.9. The lowest BCUT2D eigenvalue weighted by Gasteiger charge is -2.14. The average Bonchev–Trinajstić information content (AvgIpc) is 3.22. The molecule has 3 N–H and O–H groups in total. The fraction of sp³-hybridized carbons (Fsp3) is 0.212. The van der Waals surface area contributed by atoms with Gasteiger partial charge in [-0.1, -0.05) is 60.7 Å². The summed E-state index contributed by atoms with van der Waals surface area (Å²) in [6, 6.07) is 51.1. The van der Waals surface area contributed by atoms with E-state index in [0.717, 1.165) is 35.2 Å². The van der Waals surface area contributed by atoms with Crippen LogP contribution in [0, 0.1) is 19.8 Å². The molecule has 19 heteroatoms. The Balaban J connectivity index is 0.000000190. The van der Waals surface area contributed by atoms with Crippen LogP contribution in [0.1, 0.15) is 75.1 Å². The Kier molecular flexibility index (Phi) is 17.7. The third kappa shape index (κ3) is 15.7. The van der Waals surface area contributed by atoms with Crippen molar-refractivity contribution in [3.63, 3.8) is 0 Å². The molecule has 0 bridgehead atoms. The van der Waals surface area contributed by atoms with Crippen molar-refractivity contribution >= 4 is 45.2 Å². The first-order valence-corrected chi connectivity index (χ1v) is 27.4. The van der Waals surface area contributed by atoms with E-state index in [4.69, 9.17) is 18.9 Å². The minimum Gasteiger partial charge on any atom is -0.489 e. The number of nitrogens with one attached hydrogen (secondary N) is 2. The highest BCUT2D eigenvalue weighted by Gasteiger charge is 2.29. The van der Waals surface area contributed by atoms with Gasteiger partial charge in [-0.2, -0.15) is 26.3 Å². The van der Waals surface area contributed by atoms with E-state index in [-0.39, 0.29) is 24.4 Å². The van der Waals surface area contributed by atoms with Crippen molar-refractivity contribution in [1.29, 1.82) is 0 Å². The van der Waals surface area contributed by atoms with Crippen LogP contribution in [0.25, 0.3) is 33.4 Å². The number of hydrogen-bond acceptors (Lipinski definition) is 10. The standard InChI is InChI=1S/C35H32F3N3O3.C31H26F3N3O4/c1-23-17-26(9-14-30(23)33(42)18-24-7-8-24)41-22-40-34-31(39-16-15-35(36,37)38)19-29(20-32(34)41)44-28-12-10-27(11-13-28)43-21-25-5-3-2-4-6-25;1-20-15-22(7-12-26(20)30(38)39)37-19-36-29-27(35-14-13-31(32,33)34)16-25(17-28(29)37)41-24-10-8-23(9-11-24)40-18-21-5-3-2-4-6-21/h2-6,9-14,17,19-20,22,24,39H,7-8,15-16,18,21H2,1H3;2-12,15-17,19,35H,13-14,18H2,1H3,(H,38,39). The third-order valence-corrected chi connectivity index (χ3v) is 14.0. The quantitative estimate of drug-likeness (QED) is 0.0439. The van der Waals surface area contributed by atoms with E-state index in [1.165, 1.54) is 12.4 Å². The fourth-order valence-corrected chi connectivity index (χ4v) is 9.46.